The van der Waals surface area contributed by atoms with Gasteiger partial charge in [-0.1, -0.05) is 12.2 Å². The van der Waals surface area contributed by atoms with Crippen molar-refractivity contribution < 1.29 is 28.8 Å². The van der Waals surface area contributed by atoms with Gasteiger partial charge < -0.3 is 4.74 Å². The fraction of sp³-hybridized carbons (Fsp3) is 0.538. The van der Waals surface area contributed by atoms with E-state index in [1.807, 2.05) is 0 Å². The Balaban J connectivity index is 1.02. The number of carbonyl (C=O) groups excluding carboxylic acids is 4. The van der Waals surface area contributed by atoms with Crippen molar-refractivity contribution in [3.8, 4) is 0 Å². The van der Waals surface area contributed by atoms with Gasteiger partial charge in [-0.15, -0.1) is 0 Å². The number of ketones is 1. The Hall–Kier alpha value is -3.36. The smallest absolute Gasteiger partial charge is 0.309 e. The number of Topliss-reactive ketones (excluding diaryl/α,β-unsaturated/α-hetero) is 1. The third kappa shape index (κ3) is 3.51. The Kier molecular flexibility index (Phi) is 5.12. The van der Waals surface area contributed by atoms with Crippen molar-refractivity contribution in [1.82, 2.24) is 4.90 Å². The first-order valence-electron chi connectivity index (χ1n) is 12.3. The zero-order valence-corrected chi connectivity index (χ0v) is 19.1. The van der Waals surface area contributed by atoms with E-state index in [2.05, 4.69) is 12.2 Å². The van der Waals surface area contributed by atoms with Crippen LogP contribution >= 0.6 is 0 Å². The molecule has 0 aromatic heterocycles. The standard InChI is InChI=1S/C26H26N2O7/c29-21(13-1-7-16(8-2-13)28(33)34)12-35-26(32)14-3-5-15(6-4-14)27-24(30)22-17-9-10-18(20-11-19(17)20)23(22)25(27)31/h1-2,7-10,14-15,17-20,22-23H,3-6,11-12H2/t14?,15?,17-,18-,19-,20+,22+,23+/m0/s1. The lowest BCUT2D eigenvalue weighted by atomic mass is 9.63. The van der Waals surface area contributed by atoms with Crippen LogP contribution in [0.4, 0.5) is 5.69 Å². The van der Waals surface area contributed by atoms with Gasteiger partial charge in [-0.25, -0.2) is 0 Å². The summed E-state index contributed by atoms with van der Waals surface area (Å²) in [5.41, 5.74) is 0.117. The molecule has 3 saturated carbocycles. The highest BCUT2D eigenvalue weighted by Gasteiger charge is 2.67. The molecule has 1 aromatic rings. The zero-order chi connectivity index (χ0) is 24.4. The second-order valence-electron chi connectivity index (χ2n) is 10.5. The molecule has 1 saturated heterocycles. The van der Waals surface area contributed by atoms with Crippen LogP contribution in [0.5, 0.6) is 0 Å². The number of esters is 1. The highest BCUT2D eigenvalue weighted by molar-refractivity contribution is 6.06. The number of non-ortho nitro benzene ring substituents is 1. The number of hydrogen-bond donors (Lipinski definition) is 0. The first-order chi connectivity index (χ1) is 16.8. The van der Waals surface area contributed by atoms with Crippen LogP contribution in [0.1, 0.15) is 42.5 Å². The maximum absolute atomic E-state index is 13.3. The number of hydrogen-bond acceptors (Lipinski definition) is 7. The largest absolute Gasteiger partial charge is 0.457 e. The molecular weight excluding hydrogens is 452 g/mol. The van der Waals surface area contributed by atoms with Crippen LogP contribution in [0.3, 0.4) is 0 Å². The number of allylic oxidation sites excluding steroid dienone is 2. The van der Waals surface area contributed by atoms with E-state index in [0.29, 0.717) is 37.5 Å². The molecule has 6 aliphatic rings. The van der Waals surface area contributed by atoms with Gasteiger partial charge in [0.1, 0.15) is 0 Å². The van der Waals surface area contributed by atoms with Gasteiger partial charge >= 0.3 is 5.97 Å². The fourth-order valence-corrected chi connectivity index (χ4v) is 7.02. The summed E-state index contributed by atoms with van der Waals surface area (Å²) in [6.07, 6.45) is 7.58. The average molecular weight is 479 g/mol. The minimum atomic E-state index is -0.550. The SMILES string of the molecule is O=C(COC(=O)C1CCC(N2C(=O)[C@@H]3[C@H]4C=C[C@@H]([C@@H]5C[C@H]45)[C@H]3C2=O)CC1)c1ccc([N+](=O)[O-])cc1. The topological polar surface area (TPSA) is 124 Å². The normalized spacial score (nSPS) is 36.5. The van der Waals surface area contributed by atoms with Gasteiger partial charge in [0, 0.05) is 23.7 Å². The average Bonchev–Trinajstić information content (AvgIpc) is 3.65. The maximum Gasteiger partial charge on any atom is 0.309 e. The van der Waals surface area contributed by atoms with Crippen LogP contribution in [0.15, 0.2) is 36.4 Å². The predicted octanol–water partition coefficient (Wildman–Crippen LogP) is 2.93. The summed E-state index contributed by atoms with van der Waals surface area (Å²) in [7, 11) is 0. The Morgan fingerprint density at radius 2 is 1.51 bits per heavy atom. The van der Waals surface area contributed by atoms with Crippen LogP contribution in [0, 0.1) is 51.5 Å². The highest BCUT2D eigenvalue weighted by Crippen LogP contribution is 2.65. The second kappa shape index (κ2) is 8.10. The number of benzene rings is 1. The van der Waals surface area contributed by atoms with Gasteiger partial charge in [0.15, 0.2) is 12.4 Å². The number of rotatable bonds is 6. The molecule has 0 N–H and O–H groups in total. The van der Waals surface area contributed by atoms with Crippen molar-refractivity contribution in [3.63, 3.8) is 0 Å². The lowest BCUT2D eigenvalue weighted by Crippen LogP contribution is -2.44. The Morgan fingerprint density at radius 1 is 0.943 bits per heavy atom. The van der Waals surface area contributed by atoms with Gasteiger partial charge in [-0.2, -0.15) is 0 Å². The van der Waals surface area contributed by atoms with Crippen LogP contribution in [-0.2, 0) is 19.1 Å². The molecule has 7 rings (SSSR count). The molecule has 0 spiro atoms. The molecular formula is C26H26N2O7. The van der Waals surface area contributed by atoms with Crippen LogP contribution in [0.25, 0.3) is 0 Å². The Labute approximate surface area is 201 Å². The predicted molar refractivity (Wildman–Crippen MR) is 121 cm³/mol. The summed E-state index contributed by atoms with van der Waals surface area (Å²) < 4.78 is 5.23. The van der Waals surface area contributed by atoms with E-state index < -0.39 is 23.3 Å². The molecule has 1 aliphatic heterocycles. The molecule has 35 heavy (non-hydrogen) atoms. The number of carbonyl (C=O) groups is 4. The van der Waals surface area contributed by atoms with Crippen LogP contribution in [0.2, 0.25) is 0 Å². The molecule has 1 aromatic carbocycles. The van der Waals surface area contributed by atoms with Crippen molar-refractivity contribution >= 4 is 29.3 Å². The number of nitro groups is 1. The molecule has 0 radical (unpaired) electrons. The summed E-state index contributed by atoms with van der Waals surface area (Å²) in [6, 6.07) is 4.97. The van der Waals surface area contributed by atoms with Crippen LogP contribution < -0.4 is 0 Å². The molecule has 4 fully saturated rings. The van der Waals surface area contributed by atoms with Gasteiger partial charge in [0.25, 0.3) is 5.69 Å². The number of imide groups is 1. The first kappa shape index (κ1) is 22.1. The molecule has 2 amide bonds. The monoisotopic (exact) mass is 478 g/mol. The summed E-state index contributed by atoms with van der Waals surface area (Å²) in [6.45, 7) is -0.429. The first-order valence-corrected chi connectivity index (χ1v) is 12.3. The quantitative estimate of drug-likeness (QED) is 0.154. The zero-order valence-electron chi connectivity index (χ0n) is 19.1. The lowest BCUT2D eigenvalue weighted by molar-refractivity contribution is -0.384. The minimum Gasteiger partial charge on any atom is -0.457 e. The maximum atomic E-state index is 13.3. The fourth-order valence-electron chi connectivity index (χ4n) is 7.02. The summed E-state index contributed by atoms with van der Waals surface area (Å²) in [4.78, 5) is 63.1. The Morgan fingerprint density at radius 3 is 2.06 bits per heavy atom. The minimum absolute atomic E-state index is 0.0237. The van der Waals surface area contributed by atoms with E-state index in [-0.39, 0.29) is 58.7 Å². The van der Waals surface area contributed by atoms with E-state index >= 15 is 0 Å². The molecule has 0 unspecified atom stereocenters. The van der Waals surface area contributed by atoms with E-state index in [4.69, 9.17) is 4.74 Å². The molecule has 1 heterocycles. The number of likely N-dealkylation sites (tertiary alicyclic amines) is 1. The van der Waals surface area contributed by atoms with Gasteiger partial charge in [-0.05, 0) is 67.9 Å². The highest BCUT2D eigenvalue weighted by atomic mass is 16.6. The molecule has 9 heteroatoms. The van der Waals surface area contributed by atoms with Gasteiger partial charge in [0.2, 0.25) is 11.8 Å². The lowest BCUT2D eigenvalue weighted by Gasteiger charge is -2.37. The van der Waals surface area contributed by atoms with Crippen molar-refractivity contribution in [2.75, 3.05) is 6.61 Å². The van der Waals surface area contributed by atoms with Crippen LogP contribution in [-0.4, -0.2) is 46.0 Å². The van der Waals surface area contributed by atoms with E-state index in [1.54, 1.807) is 0 Å². The second-order valence-corrected chi connectivity index (χ2v) is 10.5. The Bertz CT molecular complexity index is 1110. The third-order valence-corrected chi connectivity index (χ3v) is 8.84. The van der Waals surface area contributed by atoms with Gasteiger partial charge in [-0.3, -0.25) is 34.2 Å². The van der Waals surface area contributed by atoms with E-state index in [9.17, 15) is 29.3 Å². The van der Waals surface area contributed by atoms with E-state index in [0.717, 1.165) is 6.42 Å². The summed E-state index contributed by atoms with van der Waals surface area (Å²) in [5, 5.41) is 10.7. The molecule has 9 nitrogen and oxygen atoms in total. The molecule has 2 bridgehead atoms. The van der Waals surface area contributed by atoms with Crippen molar-refractivity contribution in [2.24, 2.45) is 41.4 Å². The van der Waals surface area contributed by atoms with E-state index in [1.165, 1.54) is 29.2 Å². The third-order valence-electron chi connectivity index (χ3n) is 8.84. The van der Waals surface area contributed by atoms with Crippen molar-refractivity contribution in [3.05, 3.63) is 52.1 Å². The summed E-state index contributed by atoms with van der Waals surface area (Å²) >= 11 is 0. The number of nitro benzene ring substituents is 1. The van der Waals surface area contributed by atoms with Crippen molar-refractivity contribution in [1.29, 1.82) is 0 Å². The number of nitrogens with zero attached hydrogens (tertiary/aromatic N) is 2. The van der Waals surface area contributed by atoms with Gasteiger partial charge in [0.05, 0.1) is 22.7 Å². The molecule has 6 atom stereocenters. The van der Waals surface area contributed by atoms with Crippen molar-refractivity contribution in [2.45, 2.75) is 38.1 Å². The number of amides is 2. The summed E-state index contributed by atoms with van der Waals surface area (Å²) in [5.74, 6) is -0.168. The molecule has 5 aliphatic carbocycles. The molecule has 182 valence electrons. The number of ether oxygens (including phenoxy) is 1.